The number of ether oxygens (including phenoxy) is 2. The van der Waals surface area contributed by atoms with Crippen LogP contribution in [0.15, 0.2) is 0 Å². The third-order valence-electron chi connectivity index (χ3n) is 0.552. The van der Waals surface area contributed by atoms with Crippen molar-refractivity contribution in [3.8, 4) is 11.8 Å². The van der Waals surface area contributed by atoms with E-state index in [4.69, 9.17) is 4.74 Å². The van der Waals surface area contributed by atoms with Crippen molar-refractivity contribution in [2.45, 2.75) is 6.92 Å². The largest absolute Gasteiger partial charge is 0.359 e. The Morgan fingerprint density at radius 1 is 1.50 bits per heavy atom. The molecule has 0 aromatic rings. The molecule has 0 unspecified atom stereocenters. The van der Waals surface area contributed by atoms with Gasteiger partial charge in [-0.15, -0.1) is 5.92 Å². The van der Waals surface area contributed by atoms with Crippen LogP contribution >= 0.6 is 0 Å². The van der Waals surface area contributed by atoms with Gasteiger partial charge in [0.15, 0.2) is 0 Å². The van der Waals surface area contributed by atoms with Crippen molar-refractivity contribution in [2.75, 3.05) is 20.5 Å². The molecule has 0 aliphatic heterocycles. The zero-order valence-corrected chi connectivity index (χ0v) is 5.23. The highest BCUT2D eigenvalue weighted by Crippen LogP contribution is 1.70. The second-order valence-electron chi connectivity index (χ2n) is 1.18. The molecule has 0 saturated carbocycles. The van der Waals surface area contributed by atoms with Gasteiger partial charge in [0.05, 0.1) is 0 Å². The maximum atomic E-state index is 4.83. The van der Waals surface area contributed by atoms with Crippen molar-refractivity contribution < 1.29 is 9.47 Å². The van der Waals surface area contributed by atoms with E-state index >= 15 is 0 Å². The molecule has 0 bridgehead atoms. The zero-order chi connectivity index (χ0) is 6.24. The molecule has 8 heavy (non-hydrogen) atoms. The molecule has 0 saturated heterocycles. The summed E-state index contributed by atoms with van der Waals surface area (Å²) in [5.41, 5.74) is 0. The van der Waals surface area contributed by atoms with Crippen molar-refractivity contribution in [1.29, 1.82) is 0 Å². The molecule has 46 valence electrons. The van der Waals surface area contributed by atoms with Crippen LogP contribution in [-0.4, -0.2) is 20.5 Å². The Morgan fingerprint density at radius 3 is 2.75 bits per heavy atom. The maximum Gasteiger partial charge on any atom is 0.147 e. The average molecular weight is 114 g/mol. The molecular formula is C6H10O2. The summed E-state index contributed by atoms with van der Waals surface area (Å²) in [5.74, 6) is 5.43. The molecule has 0 rings (SSSR count). The van der Waals surface area contributed by atoms with Crippen LogP contribution in [-0.2, 0) is 9.47 Å². The van der Waals surface area contributed by atoms with Gasteiger partial charge in [-0.2, -0.15) is 0 Å². The van der Waals surface area contributed by atoms with Crippen LogP contribution < -0.4 is 0 Å². The van der Waals surface area contributed by atoms with Gasteiger partial charge in [0.25, 0.3) is 0 Å². The fraction of sp³-hybridized carbons (Fsp3) is 0.667. The van der Waals surface area contributed by atoms with Gasteiger partial charge in [-0.25, -0.2) is 0 Å². The molecule has 0 fully saturated rings. The highest BCUT2D eigenvalue weighted by Gasteiger charge is 1.74. The van der Waals surface area contributed by atoms with Gasteiger partial charge < -0.3 is 9.47 Å². The molecule has 0 amide bonds. The van der Waals surface area contributed by atoms with Gasteiger partial charge in [0, 0.05) is 7.11 Å². The molecule has 0 aliphatic rings. The molecule has 0 aromatic heterocycles. The Morgan fingerprint density at radius 2 is 2.25 bits per heavy atom. The molecule has 0 spiro atoms. The van der Waals surface area contributed by atoms with E-state index in [1.807, 2.05) is 0 Å². The van der Waals surface area contributed by atoms with Gasteiger partial charge in [-0.05, 0) is 6.92 Å². The van der Waals surface area contributed by atoms with Gasteiger partial charge in [-0.3, -0.25) is 0 Å². The first kappa shape index (κ1) is 7.48. The predicted molar refractivity (Wildman–Crippen MR) is 31.3 cm³/mol. The fourth-order valence-electron chi connectivity index (χ4n) is 0.248. The third kappa shape index (κ3) is 5.48. The van der Waals surface area contributed by atoms with Crippen molar-refractivity contribution in [3.05, 3.63) is 0 Å². The minimum Gasteiger partial charge on any atom is -0.359 e. The average Bonchev–Trinajstić information content (AvgIpc) is 1.81. The van der Waals surface area contributed by atoms with Crippen molar-refractivity contribution >= 4 is 0 Å². The summed E-state index contributed by atoms with van der Waals surface area (Å²) in [6.07, 6.45) is 0. The first-order valence-corrected chi connectivity index (χ1v) is 2.38. The first-order valence-electron chi connectivity index (χ1n) is 2.38. The fourth-order valence-corrected chi connectivity index (χ4v) is 0.248. The van der Waals surface area contributed by atoms with Crippen LogP contribution in [0.5, 0.6) is 0 Å². The van der Waals surface area contributed by atoms with E-state index < -0.39 is 0 Å². The smallest absolute Gasteiger partial charge is 0.147 e. The number of methoxy groups -OCH3 is 1. The predicted octanol–water partition coefficient (Wildman–Crippen LogP) is 0.630. The van der Waals surface area contributed by atoms with Crippen molar-refractivity contribution in [2.24, 2.45) is 0 Å². The molecule has 0 N–H and O–H groups in total. The maximum absolute atomic E-state index is 4.83. The Bertz CT molecular complexity index is 88.4. The molecular weight excluding hydrogens is 104 g/mol. The lowest BCUT2D eigenvalue weighted by molar-refractivity contribution is -0.0166. The van der Waals surface area contributed by atoms with Crippen LogP contribution in [0.1, 0.15) is 6.92 Å². The highest BCUT2D eigenvalue weighted by atomic mass is 16.7. The number of hydrogen-bond donors (Lipinski definition) is 0. The third-order valence-corrected chi connectivity index (χ3v) is 0.552. The first-order chi connectivity index (χ1) is 3.91. The molecule has 2 nitrogen and oxygen atoms in total. The lowest BCUT2D eigenvalue weighted by Crippen LogP contribution is -1.95. The quantitative estimate of drug-likeness (QED) is 0.304. The van der Waals surface area contributed by atoms with Gasteiger partial charge in [0.2, 0.25) is 0 Å². The van der Waals surface area contributed by atoms with Gasteiger partial charge >= 0.3 is 0 Å². The molecule has 0 aliphatic carbocycles. The van der Waals surface area contributed by atoms with Gasteiger partial charge in [0.1, 0.15) is 13.4 Å². The van der Waals surface area contributed by atoms with E-state index in [9.17, 15) is 0 Å². The van der Waals surface area contributed by atoms with Crippen LogP contribution in [0.25, 0.3) is 0 Å². The van der Waals surface area contributed by atoms with E-state index in [0.29, 0.717) is 13.4 Å². The second-order valence-corrected chi connectivity index (χ2v) is 1.18. The molecule has 0 aromatic carbocycles. The minimum absolute atomic E-state index is 0.328. The SMILES string of the molecule is CC#CCOCOC. The Kier molecular flexibility index (Phi) is 6.06. The van der Waals surface area contributed by atoms with E-state index in [-0.39, 0.29) is 0 Å². The van der Waals surface area contributed by atoms with Gasteiger partial charge in [-0.1, -0.05) is 5.92 Å². The molecule has 0 heterocycles. The topological polar surface area (TPSA) is 18.5 Å². The zero-order valence-electron chi connectivity index (χ0n) is 5.23. The van der Waals surface area contributed by atoms with E-state index in [1.54, 1.807) is 14.0 Å². The molecule has 0 atom stereocenters. The molecule has 0 radical (unpaired) electrons. The summed E-state index contributed by atoms with van der Waals surface area (Å²) in [6.45, 7) is 2.56. The standard InChI is InChI=1S/C6H10O2/c1-3-4-5-8-6-7-2/h5-6H2,1-2H3. The normalized spacial score (nSPS) is 7.75. The summed E-state index contributed by atoms with van der Waals surface area (Å²) >= 11 is 0. The van der Waals surface area contributed by atoms with E-state index in [1.165, 1.54) is 0 Å². The van der Waals surface area contributed by atoms with E-state index in [2.05, 4.69) is 16.6 Å². The van der Waals surface area contributed by atoms with E-state index in [0.717, 1.165) is 0 Å². The summed E-state index contributed by atoms with van der Waals surface area (Å²) in [5, 5.41) is 0. The Balaban J connectivity index is 2.79. The van der Waals surface area contributed by atoms with Crippen molar-refractivity contribution in [1.82, 2.24) is 0 Å². The van der Waals surface area contributed by atoms with Crippen LogP contribution in [0, 0.1) is 11.8 Å². The Hall–Kier alpha value is -0.520. The monoisotopic (exact) mass is 114 g/mol. The lowest BCUT2D eigenvalue weighted by atomic mass is 10.6. The summed E-state index contributed by atoms with van der Waals surface area (Å²) < 4.78 is 9.43. The Labute approximate surface area is 49.8 Å². The lowest BCUT2D eigenvalue weighted by Gasteiger charge is -1.93. The second kappa shape index (κ2) is 6.48. The summed E-state index contributed by atoms with van der Waals surface area (Å²) in [7, 11) is 1.58. The minimum atomic E-state index is 0.328. The van der Waals surface area contributed by atoms with Crippen LogP contribution in [0.4, 0.5) is 0 Å². The van der Waals surface area contributed by atoms with Crippen LogP contribution in [0.3, 0.4) is 0 Å². The number of rotatable bonds is 3. The number of hydrogen-bond acceptors (Lipinski definition) is 2. The highest BCUT2D eigenvalue weighted by molar-refractivity contribution is 4.94. The van der Waals surface area contributed by atoms with Crippen LogP contribution in [0.2, 0.25) is 0 Å². The molecule has 2 heteroatoms. The van der Waals surface area contributed by atoms with Crippen molar-refractivity contribution in [3.63, 3.8) is 0 Å². The summed E-state index contributed by atoms with van der Waals surface area (Å²) in [6, 6.07) is 0. The summed E-state index contributed by atoms with van der Waals surface area (Å²) in [4.78, 5) is 0.